The van der Waals surface area contributed by atoms with Crippen molar-refractivity contribution >= 4 is 69.1 Å². The lowest BCUT2D eigenvalue weighted by Crippen LogP contribution is -2.46. The highest BCUT2D eigenvalue weighted by atomic mass is 32.2. The highest BCUT2D eigenvalue weighted by Crippen LogP contribution is 2.61. The molecule has 12 N–H and O–H groups in total. The van der Waals surface area contributed by atoms with E-state index in [2.05, 4.69) is 34.4 Å². The molecule has 1 saturated heterocycles. The van der Waals surface area contributed by atoms with Crippen LogP contribution < -0.4 is 16.4 Å². The number of phosphoric ester groups is 3. The number of nitrogens with two attached hydrogens (primary N) is 1. The fourth-order valence-electron chi connectivity index (χ4n) is 4.77. The van der Waals surface area contributed by atoms with Gasteiger partial charge in [0.2, 0.25) is 16.9 Å². The van der Waals surface area contributed by atoms with Gasteiger partial charge in [-0.05, 0) is 0 Å². The Kier molecular flexibility index (Phi) is 16.9. The summed E-state index contributed by atoms with van der Waals surface area (Å²) in [6.45, 7) is 2.77. The second-order valence-electron chi connectivity index (χ2n) is 13.8. The van der Waals surface area contributed by atoms with Crippen molar-refractivity contribution in [3.05, 3.63) is 12.7 Å². The van der Waals surface area contributed by atoms with Gasteiger partial charge < -0.3 is 61.1 Å². The van der Waals surface area contributed by atoms with Gasteiger partial charge in [0.15, 0.2) is 17.7 Å². The smallest absolute Gasteiger partial charge is 0.396 e. The van der Waals surface area contributed by atoms with Crippen molar-refractivity contribution < 1.29 is 90.7 Å². The van der Waals surface area contributed by atoms with Crippen LogP contribution in [0.25, 0.3) is 11.2 Å². The maximum Gasteiger partial charge on any atom is 0.481 e. The lowest BCUT2D eigenvalue weighted by atomic mass is 9.87. The van der Waals surface area contributed by atoms with Crippen LogP contribution in [0.3, 0.4) is 0 Å². The number of carbonyl (C=O) groups excluding carboxylic acids is 3. The third kappa shape index (κ3) is 14.0. The van der Waals surface area contributed by atoms with E-state index in [0.717, 1.165) is 29.0 Å². The summed E-state index contributed by atoms with van der Waals surface area (Å²) in [5.74, 6) is -1.49. The number of ether oxygens (including phenoxy) is 1. The van der Waals surface area contributed by atoms with Crippen LogP contribution in [-0.2, 0) is 50.7 Å². The van der Waals surface area contributed by atoms with E-state index in [0.29, 0.717) is 0 Å². The summed E-state index contributed by atoms with van der Waals surface area (Å²) in [6.07, 6.45) is -8.52. The van der Waals surface area contributed by atoms with E-state index in [4.69, 9.17) is 19.5 Å². The minimum atomic E-state index is -5.59. The molecule has 0 saturated carbocycles. The number of aliphatic hydroxyl groups excluding tert-OH is 4. The number of rotatable bonds is 22. The molecule has 3 heterocycles. The van der Waals surface area contributed by atoms with E-state index in [1.54, 1.807) is 0 Å². The molecule has 1 aliphatic rings. The molecular formula is C27H46N7O19P3S. The van der Waals surface area contributed by atoms with Gasteiger partial charge in [-0.2, -0.15) is 4.31 Å². The number of nitrogen functional groups attached to an aromatic ring is 1. The molecule has 0 radical (unpaired) electrons. The van der Waals surface area contributed by atoms with Crippen molar-refractivity contribution in [3.8, 4) is 0 Å². The lowest BCUT2D eigenvalue weighted by Gasteiger charge is -2.30. The molecule has 0 aliphatic carbocycles. The molecule has 2 amide bonds. The maximum absolute atomic E-state index is 12.7. The van der Waals surface area contributed by atoms with Crippen molar-refractivity contribution in [1.82, 2.24) is 30.2 Å². The monoisotopic (exact) mass is 897 g/mol. The van der Waals surface area contributed by atoms with Crippen molar-refractivity contribution in [2.24, 2.45) is 10.8 Å². The number of carbonyl (C=O) groups is 3. The molecule has 2 unspecified atom stereocenters. The van der Waals surface area contributed by atoms with Crippen LogP contribution in [0.4, 0.5) is 5.82 Å². The fourth-order valence-corrected chi connectivity index (χ4v) is 8.48. The minimum Gasteiger partial charge on any atom is -0.396 e. The van der Waals surface area contributed by atoms with Crippen molar-refractivity contribution in [2.45, 2.75) is 70.9 Å². The molecule has 324 valence electrons. The van der Waals surface area contributed by atoms with E-state index >= 15 is 0 Å². The number of aliphatic hydroxyl groups is 4. The number of phosphoric acid groups is 3. The molecule has 2 aromatic rings. The topological polar surface area (TPSA) is 404 Å². The van der Waals surface area contributed by atoms with Crippen LogP contribution in [0.1, 0.15) is 40.3 Å². The summed E-state index contributed by atoms with van der Waals surface area (Å²) < 4.78 is 62.0. The number of nitrogens with zero attached hydrogens (tertiary/aromatic N) is 4. The highest BCUT2D eigenvalue weighted by Gasteiger charge is 2.50. The van der Waals surface area contributed by atoms with Crippen LogP contribution in [0, 0.1) is 10.8 Å². The van der Waals surface area contributed by atoms with Gasteiger partial charge in [-0.3, -0.25) is 32.5 Å². The molecule has 0 bridgehead atoms. The molecular weight excluding hydrogens is 851 g/mol. The Morgan fingerprint density at radius 2 is 1.63 bits per heavy atom. The minimum absolute atomic E-state index is 0.0200. The zero-order valence-corrected chi connectivity index (χ0v) is 34.3. The van der Waals surface area contributed by atoms with Gasteiger partial charge in [0.25, 0.3) is 0 Å². The first kappa shape index (κ1) is 48.8. The van der Waals surface area contributed by atoms with Crippen molar-refractivity contribution in [2.75, 3.05) is 44.4 Å². The zero-order chi connectivity index (χ0) is 43.1. The molecule has 8 atom stereocenters. The molecule has 30 heteroatoms. The van der Waals surface area contributed by atoms with Gasteiger partial charge in [0.05, 0.1) is 26.1 Å². The van der Waals surface area contributed by atoms with E-state index < -0.39 is 108 Å². The number of anilines is 1. The average Bonchev–Trinajstić information content (AvgIpc) is 3.67. The molecule has 26 nitrogen and oxygen atoms in total. The number of amides is 2. The molecule has 0 spiro atoms. The number of nitrogens with one attached hydrogen (secondary N) is 2. The van der Waals surface area contributed by atoms with Crippen molar-refractivity contribution in [3.63, 3.8) is 0 Å². The van der Waals surface area contributed by atoms with E-state index in [1.807, 2.05) is 0 Å². The maximum atomic E-state index is 12.7. The van der Waals surface area contributed by atoms with Gasteiger partial charge in [-0.1, -0.05) is 39.5 Å². The number of fused-ring (bicyclic) bond motifs is 1. The molecule has 0 aromatic carbocycles. The number of thioether (sulfide) groups is 1. The standard InChI is InChI=1S/C27H46N7O19P3S/c1-26(2,10-35)20(39)25(41)57-8-7-29-15(36)5-6-30-23(40)19(38)27(3,4)11-50-56(47,48)53-55(45,46)49-9-14-18(52-54(42,43)44)17(37)24(51-14)34-13-33-16-21(28)31-12-32-22(16)34/h12-14,17-20,24,35,37-39H,5-11H2,1-4H3,(H,29,36)(H,30,40)(H,45,46)(H,47,48)(H2,28,31,32)(H2,42,43,44)/t14-,17-,18-,19+,20+,24-/m1/s1. The van der Waals surface area contributed by atoms with Gasteiger partial charge in [0.1, 0.15) is 42.4 Å². The molecule has 3 rings (SSSR count). The second kappa shape index (κ2) is 19.7. The van der Waals surface area contributed by atoms with Crippen molar-refractivity contribution in [1.29, 1.82) is 0 Å². The van der Waals surface area contributed by atoms with E-state index in [-0.39, 0.29) is 42.2 Å². The normalized spacial score (nSPS) is 22.4. The fraction of sp³-hybridized carbons (Fsp3) is 0.704. The SMILES string of the molecule is CC(C)(COP(=O)(O)OP(=O)(O)OC[C@H]1O[C@@H](n2cnc3c(N)ncnc32)[C@H](O)[C@@H]1OP(=O)(O)O)[C@@H](O)C(=O)NCCC(=O)NCCSC(=O)[C@H](O)C(C)(C)CO. The summed E-state index contributed by atoms with van der Waals surface area (Å²) in [6, 6.07) is 0. The Morgan fingerprint density at radius 3 is 2.26 bits per heavy atom. The Labute approximate surface area is 328 Å². The first-order valence-electron chi connectivity index (χ1n) is 16.5. The second-order valence-corrected chi connectivity index (χ2v) is 19.1. The zero-order valence-electron chi connectivity index (χ0n) is 30.8. The molecule has 2 aromatic heterocycles. The molecule has 1 fully saturated rings. The Bertz CT molecular complexity index is 1880. The highest BCUT2D eigenvalue weighted by molar-refractivity contribution is 8.13. The van der Waals surface area contributed by atoms with Crippen LogP contribution in [0.2, 0.25) is 0 Å². The Balaban J connectivity index is 1.48. The first-order chi connectivity index (χ1) is 26.2. The first-order valence-corrected chi connectivity index (χ1v) is 22.1. The lowest BCUT2D eigenvalue weighted by molar-refractivity contribution is -0.137. The number of aromatic nitrogens is 4. The largest absolute Gasteiger partial charge is 0.481 e. The predicted molar refractivity (Wildman–Crippen MR) is 194 cm³/mol. The summed E-state index contributed by atoms with van der Waals surface area (Å²) in [4.78, 5) is 87.6. The van der Waals surface area contributed by atoms with E-state index in [1.165, 1.54) is 27.7 Å². The van der Waals surface area contributed by atoms with Crippen LogP contribution in [0.5, 0.6) is 0 Å². The summed E-state index contributed by atoms with van der Waals surface area (Å²) in [5, 5.41) is 44.9. The molecule has 57 heavy (non-hydrogen) atoms. The third-order valence-corrected chi connectivity index (χ3v) is 12.1. The van der Waals surface area contributed by atoms with E-state index in [9.17, 15) is 68.1 Å². The quantitative estimate of drug-likeness (QED) is 0.0452. The van der Waals surface area contributed by atoms with Crippen LogP contribution >= 0.6 is 35.2 Å². The third-order valence-electron chi connectivity index (χ3n) is 8.12. The predicted octanol–water partition coefficient (Wildman–Crippen LogP) is -1.96. The summed E-state index contributed by atoms with van der Waals surface area (Å²) in [7, 11) is -16.4. The van der Waals surface area contributed by atoms with Gasteiger partial charge in [-0.25, -0.2) is 28.6 Å². The summed E-state index contributed by atoms with van der Waals surface area (Å²) >= 11 is 0.759. The van der Waals surface area contributed by atoms with Gasteiger partial charge in [0, 0.05) is 36.1 Å². The summed E-state index contributed by atoms with van der Waals surface area (Å²) in [5.41, 5.74) is 3.16. The Hall–Kier alpha value is -2.52. The van der Waals surface area contributed by atoms with Crippen LogP contribution in [-0.4, -0.2) is 146 Å². The number of hydrogen-bond donors (Lipinski definition) is 11. The average molecular weight is 898 g/mol. The number of imidazole rings is 1. The Morgan fingerprint density at radius 1 is 0.982 bits per heavy atom. The van der Waals surface area contributed by atoms with Gasteiger partial charge in [-0.15, -0.1) is 0 Å². The number of hydrogen-bond acceptors (Lipinski definition) is 20. The van der Waals surface area contributed by atoms with Gasteiger partial charge >= 0.3 is 23.5 Å². The van der Waals surface area contributed by atoms with Crippen LogP contribution in [0.15, 0.2) is 12.7 Å². The molecule has 1 aliphatic heterocycles.